The van der Waals surface area contributed by atoms with Gasteiger partial charge in [-0.1, -0.05) is 30.3 Å². The summed E-state index contributed by atoms with van der Waals surface area (Å²) in [7, 11) is 0. The van der Waals surface area contributed by atoms with Crippen LogP contribution in [0, 0.1) is 0 Å². The van der Waals surface area contributed by atoms with Gasteiger partial charge in [-0.15, -0.1) is 0 Å². The van der Waals surface area contributed by atoms with E-state index in [0.29, 0.717) is 13.1 Å². The van der Waals surface area contributed by atoms with Gasteiger partial charge in [0.05, 0.1) is 12.2 Å². The minimum atomic E-state index is -1.04. The van der Waals surface area contributed by atoms with Gasteiger partial charge in [-0.3, -0.25) is 0 Å². The van der Waals surface area contributed by atoms with Gasteiger partial charge < -0.3 is 20.1 Å². The Labute approximate surface area is 130 Å². The fraction of sp³-hybridized carbons (Fsp3) is 0.500. The number of amides is 2. The third-order valence-electron chi connectivity index (χ3n) is 3.59. The molecule has 22 heavy (non-hydrogen) atoms. The van der Waals surface area contributed by atoms with Crippen LogP contribution in [-0.2, 0) is 16.0 Å². The van der Waals surface area contributed by atoms with Crippen molar-refractivity contribution >= 4 is 12.0 Å². The van der Waals surface area contributed by atoms with Crippen molar-refractivity contribution in [2.24, 2.45) is 0 Å². The molecule has 2 amide bonds. The summed E-state index contributed by atoms with van der Waals surface area (Å²) < 4.78 is 5.58. The first kappa shape index (κ1) is 16.3. The molecular formula is C16H22N2O4. The zero-order chi connectivity index (χ0) is 16.1. The minimum Gasteiger partial charge on any atom is -0.480 e. The molecule has 1 fully saturated rings. The first-order chi connectivity index (χ1) is 10.5. The number of hydrogen-bond acceptors (Lipinski definition) is 3. The summed E-state index contributed by atoms with van der Waals surface area (Å²) >= 11 is 0. The Morgan fingerprint density at radius 3 is 2.41 bits per heavy atom. The third kappa shape index (κ3) is 4.46. The maximum Gasteiger partial charge on any atom is 0.326 e. The molecule has 0 aromatic heterocycles. The molecule has 0 bridgehead atoms. The van der Waals surface area contributed by atoms with E-state index in [2.05, 4.69) is 5.32 Å². The number of carboxylic acids is 1. The number of carbonyl (C=O) groups is 2. The average molecular weight is 306 g/mol. The molecular weight excluding hydrogens is 284 g/mol. The highest BCUT2D eigenvalue weighted by molar-refractivity contribution is 5.82. The predicted molar refractivity (Wildman–Crippen MR) is 81.7 cm³/mol. The van der Waals surface area contributed by atoms with E-state index in [1.54, 1.807) is 4.90 Å². The van der Waals surface area contributed by atoms with E-state index in [1.807, 2.05) is 44.2 Å². The van der Waals surface area contributed by atoms with Crippen LogP contribution in [0.5, 0.6) is 0 Å². The largest absolute Gasteiger partial charge is 0.480 e. The summed E-state index contributed by atoms with van der Waals surface area (Å²) in [5, 5.41) is 11.9. The van der Waals surface area contributed by atoms with E-state index in [9.17, 15) is 14.7 Å². The topological polar surface area (TPSA) is 78.9 Å². The molecule has 0 unspecified atom stereocenters. The van der Waals surface area contributed by atoms with Crippen molar-refractivity contribution in [1.29, 1.82) is 0 Å². The molecule has 1 saturated heterocycles. The van der Waals surface area contributed by atoms with Gasteiger partial charge in [0.25, 0.3) is 0 Å². The average Bonchev–Trinajstić information content (AvgIpc) is 2.46. The Morgan fingerprint density at radius 1 is 1.27 bits per heavy atom. The summed E-state index contributed by atoms with van der Waals surface area (Å²) in [6.45, 7) is 4.73. The standard InChI is InChI=1S/C16H22N2O4/c1-11-9-18(10-12(2)22-11)16(21)17-14(15(19)20)8-13-6-4-3-5-7-13/h3-7,11-12,14H,8-10H2,1-2H3,(H,17,21)(H,19,20)/t11-,12-,14-/m1/s1. The number of rotatable bonds is 4. The lowest BCUT2D eigenvalue weighted by atomic mass is 10.1. The monoisotopic (exact) mass is 306 g/mol. The van der Waals surface area contributed by atoms with Crippen LogP contribution in [0.25, 0.3) is 0 Å². The number of nitrogens with one attached hydrogen (secondary N) is 1. The lowest BCUT2D eigenvalue weighted by molar-refractivity contribution is -0.139. The van der Waals surface area contributed by atoms with Gasteiger partial charge in [-0.05, 0) is 19.4 Å². The highest BCUT2D eigenvalue weighted by Gasteiger charge is 2.29. The zero-order valence-corrected chi connectivity index (χ0v) is 12.9. The van der Waals surface area contributed by atoms with Crippen molar-refractivity contribution in [2.45, 2.75) is 38.5 Å². The molecule has 1 aromatic carbocycles. The van der Waals surface area contributed by atoms with Crippen LogP contribution in [0.4, 0.5) is 4.79 Å². The van der Waals surface area contributed by atoms with Crippen LogP contribution in [0.3, 0.4) is 0 Å². The molecule has 1 aliphatic heterocycles. The van der Waals surface area contributed by atoms with E-state index >= 15 is 0 Å². The van der Waals surface area contributed by atoms with Gasteiger partial charge in [0.2, 0.25) is 0 Å². The molecule has 0 radical (unpaired) electrons. The van der Waals surface area contributed by atoms with Crippen molar-refractivity contribution < 1.29 is 19.4 Å². The van der Waals surface area contributed by atoms with E-state index in [4.69, 9.17) is 4.74 Å². The van der Waals surface area contributed by atoms with Gasteiger partial charge in [-0.25, -0.2) is 9.59 Å². The number of urea groups is 1. The van der Waals surface area contributed by atoms with Crippen molar-refractivity contribution in [3.63, 3.8) is 0 Å². The summed E-state index contributed by atoms with van der Waals surface area (Å²) in [4.78, 5) is 25.3. The number of nitrogens with zero attached hydrogens (tertiary/aromatic N) is 1. The fourth-order valence-corrected chi connectivity index (χ4v) is 2.63. The van der Waals surface area contributed by atoms with Gasteiger partial charge >= 0.3 is 12.0 Å². The maximum absolute atomic E-state index is 12.3. The molecule has 0 aliphatic carbocycles. The number of carbonyl (C=O) groups excluding carboxylic acids is 1. The van der Waals surface area contributed by atoms with Crippen LogP contribution >= 0.6 is 0 Å². The first-order valence-electron chi connectivity index (χ1n) is 7.43. The van der Waals surface area contributed by atoms with Crippen molar-refractivity contribution in [1.82, 2.24) is 10.2 Å². The molecule has 2 rings (SSSR count). The maximum atomic E-state index is 12.3. The van der Waals surface area contributed by atoms with Gasteiger partial charge in [0, 0.05) is 19.5 Å². The van der Waals surface area contributed by atoms with Crippen LogP contribution < -0.4 is 5.32 Å². The quantitative estimate of drug-likeness (QED) is 0.883. The van der Waals surface area contributed by atoms with Crippen molar-refractivity contribution in [3.05, 3.63) is 35.9 Å². The van der Waals surface area contributed by atoms with Crippen LogP contribution in [0.2, 0.25) is 0 Å². The molecule has 1 heterocycles. The van der Waals surface area contributed by atoms with E-state index in [1.165, 1.54) is 0 Å². The van der Waals surface area contributed by atoms with Crippen molar-refractivity contribution in [3.8, 4) is 0 Å². The summed E-state index contributed by atoms with van der Waals surface area (Å²) in [6.07, 6.45) is 0.163. The summed E-state index contributed by atoms with van der Waals surface area (Å²) in [5.41, 5.74) is 0.874. The second kappa shape index (κ2) is 7.26. The number of carboxylic acid groups (broad SMARTS) is 1. The van der Waals surface area contributed by atoms with Gasteiger partial charge in [0.1, 0.15) is 6.04 Å². The highest BCUT2D eigenvalue weighted by atomic mass is 16.5. The van der Waals surface area contributed by atoms with Gasteiger partial charge in [-0.2, -0.15) is 0 Å². The molecule has 6 heteroatoms. The predicted octanol–water partition coefficient (Wildman–Crippen LogP) is 1.50. The Balaban J connectivity index is 1.98. The molecule has 3 atom stereocenters. The molecule has 0 saturated carbocycles. The lowest BCUT2D eigenvalue weighted by Crippen LogP contribution is -2.55. The third-order valence-corrected chi connectivity index (χ3v) is 3.59. The van der Waals surface area contributed by atoms with E-state index < -0.39 is 12.0 Å². The SMILES string of the molecule is C[C@@H]1CN(C(=O)N[C@H](Cc2ccccc2)C(=O)O)C[C@@H](C)O1. The van der Waals surface area contributed by atoms with Gasteiger partial charge in [0.15, 0.2) is 0 Å². The number of ether oxygens (including phenoxy) is 1. The molecule has 1 aliphatic rings. The Kier molecular flexibility index (Phi) is 5.38. The minimum absolute atomic E-state index is 0.0492. The van der Waals surface area contributed by atoms with Crippen LogP contribution in [-0.4, -0.2) is 53.3 Å². The van der Waals surface area contributed by atoms with E-state index in [-0.39, 0.29) is 24.7 Å². The van der Waals surface area contributed by atoms with Crippen molar-refractivity contribution in [2.75, 3.05) is 13.1 Å². The normalized spacial score (nSPS) is 22.9. The second-order valence-corrected chi connectivity index (χ2v) is 5.69. The Morgan fingerprint density at radius 2 is 1.86 bits per heavy atom. The van der Waals surface area contributed by atoms with Crippen LogP contribution in [0.1, 0.15) is 19.4 Å². The number of benzene rings is 1. The second-order valence-electron chi connectivity index (χ2n) is 5.69. The smallest absolute Gasteiger partial charge is 0.326 e. The molecule has 6 nitrogen and oxygen atoms in total. The lowest BCUT2D eigenvalue weighted by Gasteiger charge is -2.35. The molecule has 2 N–H and O–H groups in total. The first-order valence-corrected chi connectivity index (χ1v) is 7.43. The Hall–Kier alpha value is -2.08. The molecule has 1 aromatic rings. The summed E-state index contributed by atoms with van der Waals surface area (Å²) in [5.74, 6) is -1.04. The number of morpholine rings is 1. The number of aliphatic carboxylic acids is 1. The zero-order valence-electron chi connectivity index (χ0n) is 12.9. The molecule has 0 spiro atoms. The molecule has 120 valence electrons. The highest BCUT2D eigenvalue weighted by Crippen LogP contribution is 2.11. The number of hydrogen-bond donors (Lipinski definition) is 2. The Bertz CT molecular complexity index is 510. The van der Waals surface area contributed by atoms with Crippen LogP contribution in [0.15, 0.2) is 30.3 Å². The fourth-order valence-electron chi connectivity index (χ4n) is 2.63. The summed E-state index contributed by atoms with van der Waals surface area (Å²) in [6, 6.07) is 7.97. The van der Waals surface area contributed by atoms with E-state index in [0.717, 1.165) is 5.56 Å².